The molecule has 0 spiro atoms. The minimum atomic E-state index is -3.20. The summed E-state index contributed by atoms with van der Waals surface area (Å²) in [7, 11) is -3.20. The third-order valence-corrected chi connectivity index (χ3v) is 5.89. The first kappa shape index (κ1) is 18.2. The molecule has 23 heavy (non-hydrogen) atoms. The zero-order chi connectivity index (χ0) is 17.3. The van der Waals surface area contributed by atoms with Gasteiger partial charge in [-0.3, -0.25) is 9.58 Å². The lowest BCUT2D eigenvalue weighted by atomic mass is 10.1. The zero-order valence-corrected chi connectivity index (χ0v) is 15.4. The van der Waals surface area contributed by atoms with Crippen molar-refractivity contribution in [1.29, 1.82) is 0 Å². The fourth-order valence-electron chi connectivity index (χ4n) is 2.64. The van der Waals surface area contributed by atoms with E-state index in [0.717, 1.165) is 25.2 Å². The van der Waals surface area contributed by atoms with E-state index in [1.54, 1.807) is 11.2 Å². The van der Waals surface area contributed by atoms with Gasteiger partial charge in [0.15, 0.2) is 0 Å². The van der Waals surface area contributed by atoms with Crippen molar-refractivity contribution in [3.63, 3.8) is 0 Å². The number of sulfonamides is 1. The smallest absolute Gasteiger partial charge is 0.218 e. The van der Waals surface area contributed by atoms with E-state index in [9.17, 15) is 8.42 Å². The van der Waals surface area contributed by atoms with Gasteiger partial charge in [0.1, 0.15) is 0 Å². The maximum absolute atomic E-state index is 12.2. The topological polar surface area (TPSA) is 58.4 Å². The maximum atomic E-state index is 12.2. The van der Waals surface area contributed by atoms with E-state index in [-0.39, 0.29) is 11.3 Å². The Kier molecular flexibility index (Phi) is 5.33. The van der Waals surface area contributed by atoms with Crippen molar-refractivity contribution >= 4 is 10.0 Å². The highest BCUT2D eigenvalue weighted by Gasteiger charge is 2.27. The van der Waals surface area contributed by atoms with Crippen molar-refractivity contribution in [2.24, 2.45) is 0 Å². The largest absolute Gasteiger partial charge is 0.296 e. The molecule has 1 saturated heterocycles. The summed E-state index contributed by atoms with van der Waals surface area (Å²) in [6, 6.07) is 0. The van der Waals surface area contributed by atoms with Gasteiger partial charge in [-0.1, -0.05) is 12.2 Å². The van der Waals surface area contributed by atoms with Gasteiger partial charge in [-0.25, -0.2) is 8.42 Å². The van der Waals surface area contributed by atoms with Crippen LogP contribution in [0.2, 0.25) is 0 Å². The molecule has 1 aliphatic heterocycles. The second-order valence-corrected chi connectivity index (χ2v) is 9.32. The molecule has 0 atom stereocenters. The van der Waals surface area contributed by atoms with Crippen LogP contribution in [0.4, 0.5) is 0 Å². The minimum Gasteiger partial charge on any atom is -0.296 e. The van der Waals surface area contributed by atoms with E-state index >= 15 is 0 Å². The van der Waals surface area contributed by atoms with Crippen LogP contribution >= 0.6 is 0 Å². The predicted molar refractivity (Wildman–Crippen MR) is 92.7 cm³/mol. The predicted octanol–water partition coefficient (Wildman–Crippen LogP) is 1.66. The first-order valence-electron chi connectivity index (χ1n) is 7.96. The van der Waals surface area contributed by atoms with Gasteiger partial charge in [-0.2, -0.15) is 9.40 Å². The molecule has 0 radical (unpaired) electrons. The van der Waals surface area contributed by atoms with Crippen molar-refractivity contribution < 1.29 is 8.42 Å². The molecular formula is C16H28N4O2S. The first-order chi connectivity index (χ1) is 10.6. The van der Waals surface area contributed by atoms with Gasteiger partial charge in [0, 0.05) is 44.5 Å². The molecule has 130 valence electrons. The molecule has 0 unspecified atom stereocenters. The minimum absolute atomic E-state index is 0.0203. The molecule has 2 rings (SSSR count). The van der Waals surface area contributed by atoms with Crippen molar-refractivity contribution in [1.82, 2.24) is 19.0 Å². The second kappa shape index (κ2) is 6.75. The monoisotopic (exact) mass is 340 g/mol. The van der Waals surface area contributed by atoms with Gasteiger partial charge in [0.05, 0.1) is 17.5 Å². The molecular weight excluding hydrogens is 312 g/mol. The Bertz CT molecular complexity index is 650. The molecule has 0 saturated carbocycles. The van der Waals surface area contributed by atoms with Crippen molar-refractivity contribution in [2.75, 3.05) is 31.9 Å². The van der Waals surface area contributed by atoms with Gasteiger partial charge in [0.25, 0.3) is 0 Å². The summed E-state index contributed by atoms with van der Waals surface area (Å²) in [6.45, 7) is 15.2. The Morgan fingerprint density at radius 3 is 2.35 bits per heavy atom. The fourth-order valence-corrected chi connectivity index (χ4v) is 4.16. The summed E-state index contributed by atoms with van der Waals surface area (Å²) in [5.74, 6) is 0.0470. The first-order valence-corrected chi connectivity index (χ1v) is 9.57. The van der Waals surface area contributed by atoms with Crippen LogP contribution in [0.25, 0.3) is 0 Å². The number of hydrogen-bond acceptors (Lipinski definition) is 4. The summed E-state index contributed by atoms with van der Waals surface area (Å²) in [5.41, 5.74) is 1.83. The van der Waals surface area contributed by atoms with Gasteiger partial charge < -0.3 is 0 Å². The number of hydrogen-bond donors (Lipinski definition) is 0. The summed E-state index contributed by atoms with van der Waals surface area (Å²) in [6.07, 6.45) is 3.97. The summed E-state index contributed by atoms with van der Waals surface area (Å²) in [5, 5.41) is 4.41. The lowest BCUT2D eigenvalue weighted by molar-refractivity contribution is 0.181. The SMILES string of the molecule is C=C(C)CS(=O)(=O)N1CCN(Cc2cnn(C(C)(C)C)c2)CC1. The van der Waals surface area contributed by atoms with Crippen LogP contribution in [0.1, 0.15) is 33.3 Å². The summed E-state index contributed by atoms with van der Waals surface area (Å²) < 4.78 is 28.0. The Hall–Kier alpha value is -1.18. The number of nitrogens with zero attached hydrogens (tertiary/aromatic N) is 4. The van der Waals surface area contributed by atoms with Crippen LogP contribution in [0.15, 0.2) is 24.5 Å². The van der Waals surface area contributed by atoms with Gasteiger partial charge in [-0.05, 0) is 27.7 Å². The van der Waals surface area contributed by atoms with E-state index in [2.05, 4.69) is 43.5 Å². The van der Waals surface area contributed by atoms with Crippen LogP contribution in [-0.2, 0) is 22.1 Å². The number of piperazine rings is 1. The third-order valence-electron chi connectivity index (χ3n) is 3.88. The van der Waals surface area contributed by atoms with Gasteiger partial charge >= 0.3 is 0 Å². The summed E-state index contributed by atoms with van der Waals surface area (Å²) in [4.78, 5) is 2.27. The maximum Gasteiger partial charge on any atom is 0.218 e. The molecule has 0 bridgehead atoms. The van der Waals surface area contributed by atoms with E-state index in [4.69, 9.17) is 0 Å². The molecule has 1 aliphatic rings. The van der Waals surface area contributed by atoms with Crippen LogP contribution < -0.4 is 0 Å². The van der Waals surface area contributed by atoms with Crippen LogP contribution in [0, 0.1) is 0 Å². The highest BCUT2D eigenvalue weighted by molar-refractivity contribution is 7.89. The van der Waals surface area contributed by atoms with Gasteiger partial charge in [0.2, 0.25) is 10.0 Å². The molecule has 0 N–H and O–H groups in total. The third kappa shape index (κ3) is 4.89. The molecule has 0 aromatic carbocycles. The summed E-state index contributed by atoms with van der Waals surface area (Å²) >= 11 is 0. The van der Waals surface area contributed by atoms with E-state index < -0.39 is 10.0 Å². The molecule has 1 fully saturated rings. The number of aromatic nitrogens is 2. The van der Waals surface area contributed by atoms with Crippen molar-refractivity contribution in [3.8, 4) is 0 Å². The Morgan fingerprint density at radius 2 is 1.87 bits per heavy atom. The second-order valence-electron chi connectivity index (χ2n) is 7.35. The van der Waals surface area contributed by atoms with Crippen LogP contribution in [-0.4, -0.2) is 59.3 Å². The quantitative estimate of drug-likeness (QED) is 0.765. The van der Waals surface area contributed by atoms with E-state index in [0.29, 0.717) is 18.7 Å². The average Bonchev–Trinajstić information content (AvgIpc) is 2.86. The zero-order valence-electron chi connectivity index (χ0n) is 14.6. The van der Waals surface area contributed by atoms with Crippen LogP contribution in [0.3, 0.4) is 0 Å². The van der Waals surface area contributed by atoms with Crippen molar-refractivity contribution in [2.45, 2.75) is 39.8 Å². The van der Waals surface area contributed by atoms with Gasteiger partial charge in [-0.15, -0.1) is 0 Å². The highest BCUT2D eigenvalue weighted by Crippen LogP contribution is 2.16. The lowest BCUT2D eigenvalue weighted by Gasteiger charge is -2.33. The Labute approximate surface area is 139 Å². The lowest BCUT2D eigenvalue weighted by Crippen LogP contribution is -2.48. The Morgan fingerprint density at radius 1 is 1.26 bits per heavy atom. The fraction of sp³-hybridized carbons (Fsp3) is 0.688. The average molecular weight is 340 g/mol. The molecule has 2 heterocycles. The standard InChI is InChI=1S/C16H28N4O2S/c1-14(2)13-23(21,22)19-8-6-18(7-9-19)11-15-10-17-20(12-15)16(3,4)5/h10,12H,1,6-9,11,13H2,2-5H3. The number of rotatable bonds is 5. The van der Waals surface area contributed by atoms with E-state index in [1.807, 2.05) is 10.9 Å². The molecule has 1 aromatic rings. The molecule has 0 amide bonds. The Balaban J connectivity index is 1.90. The molecule has 6 nitrogen and oxygen atoms in total. The van der Waals surface area contributed by atoms with Crippen LogP contribution in [0.5, 0.6) is 0 Å². The van der Waals surface area contributed by atoms with E-state index in [1.165, 1.54) is 0 Å². The normalized spacial score (nSPS) is 18.3. The molecule has 0 aliphatic carbocycles. The highest BCUT2D eigenvalue weighted by atomic mass is 32.2. The van der Waals surface area contributed by atoms with Crippen molar-refractivity contribution in [3.05, 3.63) is 30.1 Å². The molecule has 7 heteroatoms. The molecule has 1 aromatic heterocycles.